The van der Waals surface area contributed by atoms with Crippen molar-refractivity contribution in [2.75, 3.05) is 5.32 Å². The molecule has 7 heteroatoms. The molecule has 1 aliphatic rings. The number of carbonyl (C=O) groups excluding carboxylic acids is 2. The van der Waals surface area contributed by atoms with Gasteiger partial charge in [-0.1, -0.05) is 25.1 Å². The minimum Gasteiger partial charge on any atom is -0.365 e. The number of fused-ring (bicyclic) bond motifs is 2. The number of para-hydroxylation sites is 1. The fraction of sp³-hybridized carbons (Fsp3) is 0.240. The molecule has 0 saturated heterocycles. The topological polar surface area (TPSA) is 85.1 Å². The molecular formula is C25H23N3O2S2. The summed E-state index contributed by atoms with van der Waals surface area (Å²) in [5.74, 6) is -0.180. The number of thiophene rings is 2. The molecule has 3 heterocycles. The summed E-state index contributed by atoms with van der Waals surface area (Å²) in [5, 5.41) is 4.34. The highest BCUT2D eigenvalue weighted by Gasteiger charge is 2.28. The Morgan fingerprint density at radius 1 is 1.16 bits per heavy atom. The molecule has 1 aliphatic carbocycles. The van der Waals surface area contributed by atoms with Gasteiger partial charge >= 0.3 is 0 Å². The molecule has 5 rings (SSSR count). The maximum atomic E-state index is 13.5. The van der Waals surface area contributed by atoms with E-state index in [0.29, 0.717) is 22.0 Å². The Morgan fingerprint density at radius 3 is 2.72 bits per heavy atom. The van der Waals surface area contributed by atoms with Crippen molar-refractivity contribution >= 4 is 50.4 Å². The van der Waals surface area contributed by atoms with Gasteiger partial charge in [-0.05, 0) is 61.9 Å². The molecule has 4 aromatic rings. The zero-order valence-corrected chi connectivity index (χ0v) is 19.5. The van der Waals surface area contributed by atoms with Crippen molar-refractivity contribution in [2.24, 2.45) is 11.7 Å². The molecule has 162 valence electrons. The first-order valence-electron chi connectivity index (χ1n) is 10.6. The van der Waals surface area contributed by atoms with E-state index in [9.17, 15) is 9.59 Å². The van der Waals surface area contributed by atoms with Crippen molar-refractivity contribution < 1.29 is 9.59 Å². The molecule has 0 spiro atoms. The normalized spacial score (nSPS) is 15.5. The lowest BCUT2D eigenvalue weighted by atomic mass is 9.88. The molecule has 3 aromatic heterocycles. The van der Waals surface area contributed by atoms with Crippen LogP contribution < -0.4 is 11.1 Å². The molecule has 1 atom stereocenters. The molecule has 0 saturated carbocycles. The lowest BCUT2D eigenvalue weighted by molar-refractivity contribution is 0.1000. The number of nitrogens with one attached hydrogen (secondary N) is 1. The highest BCUT2D eigenvalue weighted by atomic mass is 32.1. The van der Waals surface area contributed by atoms with Crippen molar-refractivity contribution in [3.8, 4) is 10.6 Å². The highest BCUT2D eigenvalue weighted by molar-refractivity contribution is 7.17. The average molecular weight is 462 g/mol. The second-order valence-electron chi connectivity index (χ2n) is 8.36. The van der Waals surface area contributed by atoms with Crippen LogP contribution in [0.15, 0.2) is 42.5 Å². The fourth-order valence-corrected chi connectivity index (χ4v) is 6.57. The Kier molecular flexibility index (Phi) is 5.31. The van der Waals surface area contributed by atoms with Crippen molar-refractivity contribution in [2.45, 2.75) is 33.1 Å². The summed E-state index contributed by atoms with van der Waals surface area (Å²) in [6.45, 7) is 4.26. The number of aromatic nitrogens is 1. The molecule has 0 unspecified atom stereocenters. The van der Waals surface area contributed by atoms with Gasteiger partial charge in [0.05, 0.1) is 27.2 Å². The van der Waals surface area contributed by atoms with Gasteiger partial charge in [-0.25, -0.2) is 4.98 Å². The fourth-order valence-electron chi connectivity index (χ4n) is 4.33. The van der Waals surface area contributed by atoms with E-state index in [2.05, 4.69) is 12.2 Å². The van der Waals surface area contributed by atoms with Crippen LogP contribution in [0.3, 0.4) is 0 Å². The molecule has 0 fully saturated rings. The molecule has 32 heavy (non-hydrogen) atoms. The Hall–Kier alpha value is -3.03. The van der Waals surface area contributed by atoms with Crippen molar-refractivity contribution in [3.05, 3.63) is 68.9 Å². The zero-order valence-electron chi connectivity index (χ0n) is 17.9. The van der Waals surface area contributed by atoms with E-state index >= 15 is 0 Å². The summed E-state index contributed by atoms with van der Waals surface area (Å²) in [6, 6.07) is 13.5. The lowest BCUT2D eigenvalue weighted by Gasteiger charge is -2.18. The third-order valence-electron chi connectivity index (χ3n) is 5.94. The smallest absolute Gasteiger partial charge is 0.257 e. The number of amides is 2. The Labute approximate surface area is 194 Å². The minimum absolute atomic E-state index is 0.257. The van der Waals surface area contributed by atoms with Gasteiger partial charge in [-0.15, -0.1) is 22.7 Å². The van der Waals surface area contributed by atoms with Crippen LogP contribution in [0.4, 0.5) is 5.00 Å². The van der Waals surface area contributed by atoms with Gasteiger partial charge in [0.2, 0.25) is 0 Å². The van der Waals surface area contributed by atoms with Crippen LogP contribution in [0.5, 0.6) is 0 Å². The number of nitrogens with two attached hydrogens (primary N) is 1. The predicted octanol–water partition coefficient (Wildman–Crippen LogP) is 5.81. The third kappa shape index (κ3) is 3.72. The van der Waals surface area contributed by atoms with Gasteiger partial charge in [0.25, 0.3) is 11.8 Å². The number of nitrogens with zero attached hydrogens (tertiary/aromatic N) is 1. The number of primary amides is 1. The van der Waals surface area contributed by atoms with Gasteiger partial charge in [-0.3, -0.25) is 9.59 Å². The Balaban J connectivity index is 1.58. The average Bonchev–Trinajstić information content (AvgIpc) is 3.35. The molecule has 5 nitrogen and oxygen atoms in total. The summed E-state index contributed by atoms with van der Waals surface area (Å²) in [6.07, 6.45) is 2.76. The van der Waals surface area contributed by atoms with Crippen molar-refractivity contribution in [3.63, 3.8) is 0 Å². The third-order valence-corrected chi connectivity index (χ3v) is 8.13. The number of hydrogen-bond acceptors (Lipinski definition) is 5. The van der Waals surface area contributed by atoms with E-state index in [1.54, 1.807) is 11.3 Å². The summed E-state index contributed by atoms with van der Waals surface area (Å²) < 4.78 is 0. The number of pyridine rings is 1. The van der Waals surface area contributed by atoms with Crippen LogP contribution in [-0.4, -0.2) is 16.8 Å². The minimum atomic E-state index is -0.485. The van der Waals surface area contributed by atoms with E-state index in [4.69, 9.17) is 10.7 Å². The Morgan fingerprint density at radius 2 is 1.97 bits per heavy atom. The molecule has 2 amide bonds. The maximum absolute atomic E-state index is 13.5. The van der Waals surface area contributed by atoms with E-state index < -0.39 is 5.91 Å². The van der Waals surface area contributed by atoms with E-state index in [0.717, 1.165) is 51.2 Å². The first-order chi connectivity index (χ1) is 15.4. The van der Waals surface area contributed by atoms with Gasteiger partial charge in [-0.2, -0.15) is 0 Å². The molecule has 0 bridgehead atoms. The van der Waals surface area contributed by atoms with Crippen LogP contribution in [-0.2, 0) is 12.8 Å². The van der Waals surface area contributed by atoms with Crippen LogP contribution in [0.25, 0.3) is 21.5 Å². The van der Waals surface area contributed by atoms with Crippen LogP contribution in [0.1, 0.15) is 49.4 Å². The summed E-state index contributed by atoms with van der Waals surface area (Å²) in [5.41, 5.74) is 9.27. The zero-order chi connectivity index (χ0) is 22.4. The maximum Gasteiger partial charge on any atom is 0.257 e. The number of rotatable bonds is 4. The predicted molar refractivity (Wildman–Crippen MR) is 132 cm³/mol. The van der Waals surface area contributed by atoms with Gasteiger partial charge in [0.1, 0.15) is 5.00 Å². The second kappa shape index (κ2) is 8.15. The van der Waals surface area contributed by atoms with Crippen molar-refractivity contribution in [1.82, 2.24) is 4.98 Å². The first kappa shape index (κ1) is 20.8. The van der Waals surface area contributed by atoms with Gasteiger partial charge < -0.3 is 11.1 Å². The largest absolute Gasteiger partial charge is 0.365 e. The summed E-state index contributed by atoms with van der Waals surface area (Å²) in [7, 11) is 0. The molecule has 0 aliphatic heterocycles. The Bertz CT molecular complexity index is 1370. The summed E-state index contributed by atoms with van der Waals surface area (Å²) >= 11 is 3.13. The van der Waals surface area contributed by atoms with E-state index in [1.165, 1.54) is 16.2 Å². The molecular weight excluding hydrogens is 438 g/mol. The van der Waals surface area contributed by atoms with Crippen LogP contribution in [0, 0.1) is 12.8 Å². The van der Waals surface area contributed by atoms with Gasteiger partial charge in [0.15, 0.2) is 0 Å². The standard InChI is InChI=1S/C25H23N3O2S2/c1-13-7-9-16-21(11-13)32-25(22(16)23(26)29)28-24(30)17-12-19(20-10-8-14(2)31-20)27-18-6-4-3-5-15(17)18/h3-6,8,10,12-13H,7,9,11H2,1-2H3,(H2,26,29)(H,28,30)/t13-/m1/s1. The van der Waals surface area contributed by atoms with Crippen LogP contribution >= 0.6 is 22.7 Å². The first-order valence-corrected chi connectivity index (χ1v) is 12.3. The number of carbonyl (C=O) groups is 2. The summed E-state index contributed by atoms with van der Waals surface area (Å²) in [4.78, 5) is 33.9. The SMILES string of the molecule is Cc1ccc(-c2cc(C(=O)Nc3sc4c(c3C(N)=O)CC[C@@H](C)C4)c3ccccc3n2)s1. The monoisotopic (exact) mass is 461 g/mol. The number of benzene rings is 1. The van der Waals surface area contributed by atoms with Gasteiger partial charge in [0, 0.05) is 15.1 Å². The lowest BCUT2D eigenvalue weighted by Crippen LogP contribution is -2.19. The molecule has 0 radical (unpaired) electrons. The van der Waals surface area contributed by atoms with E-state index in [-0.39, 0.29) is 5.91 Å². The van der Waals surface area contributed by atoms with E-state index in [1.807, 2.05) is 49.4 Å². The van der Waals surface area contributed by atoms with Crippen LogP contribution in [0.2, 0.25) is 0 Å². The number of anilines is 1. The van der Waals surface area contributed by atoms with Crippen molar-refractivity contribution in [1.29, 1.82) is 0 Å². The number of aryl methyl sites for hydroxylation is 1. The molecule has 1 aromatic carbocycles. The number of hydrogen-bond donors (Lipinski definition) is 2. The second-order valence-corrected chi connectivity index (χ2v) is 10.7. The highest BCUT2D eigenvalue weighted by Crippen LogP contribution is 2.40. The molecule has 3 N–H and O–H groups in total. The quantitative estimate of drug-likeness (QED) is 0.402.